The third kappa shape index (κ3) is 1.93. The number of hydrogen-bond donors (Lipinski definition) is 1. The molecule has 0 unspecified atom stereocenters. The minimum Gasteiger partial charge on any atom is -0.311 e. The van der Waals surface area contributed by atoms with Crippen LogP contribution >= 0.6 is 0 Å². The predicted molar refractivity (Wildman–Crippen MR) is 58.6 cm³/mol. The summed E-state index contributed by atoms with van der Waals surface area (Å²) in [5, 5.41) is 3.63. The van der Waals surface area contributed by atoms with Gasteiger partial charge in [-0.05, 0) is 30.7 Å². The van der Waals surface area contributed by atoms with Crippen LogP contribution in [0, 0.1) is 6.92 Å². The Bertz CT molecular complexity index is 522. The van der Waals surface area contributed by atoms with Crippen molar-refractivity contribution in [2.45, 2.75) is 13.8 Å². The number of nitrogens with zero attached hydrogens (tertiary/aromatic N) is 2. The summed E-state index contributed by atoms with van der Waals surface area (Å²) in [6, 6.07) is 5.62. The summed E-state index contributed by atoms with van der Waals surface area (Å²) in [7, 11) is 0. The van der Waals surface area contributed by atoms with E-state index in [0.29, 0.717) is 11.5 Å². The fraction of sp³-hybridized carbons (Fsp3) is 0.182. The second-order valence-electron chi connectivity index (χ2n) is 3.38. The number of fused-ring (bicyclic) bond motifs is 1. The van der Waals surface area contributed by atoms with Gasteiger partial charge in [-0.25, -0.2) is 9.97 Å². The average Bonchev–Trinajstić information content (AvgIpc) is 2.17. The van der Waals surface area contributed by atoms with Crippen molar-refractivity contribution >= 4 is 22.8 Å². The monoisotopic (exact) mass is 201 g/mol. The molecule has 1 amide bonds. The lowest BCUT2D eigenvalue weighted by molar-refractivity contribution is -0.114. The van der Waals surface area contributed by atoms with Gasteiger partial charge in [-0.2, -0.15) is 0 Å². The third-order valence-electron chi connectivity index (χ3n) is 2.13. The molecule has 0 saturated carbocycles. The van der Waals surface area contributed by atoms with Crippen molar-refractivity contribution in [2.24, 2.45) is 0 Å². The van der Waals surface area contributed by atoms with Crippen molar-refractivity contribution in [3.63, 3.8) is 0 Å². The van der Waals surface area contributed by atoms with Crippen molar-refractivity contribution in [2.75, 3.05) is 5.32 Å². The highest BCUT2D eigenvalue weighted by molar-refractivity contribution is 5.89. The highest BCUT2D eigenvalue weighted by Crippen LogP contribution is 2.16. The van der Waals surface area contributed by atoms with E-state index in [1.807, 2.05) is 19.1 Å². The Hall–Kier alpha value is -1.97. The van der Waals surface area contributed by atoms with E-state index < -0.39 is 0 Å². The van der Waals surface area contributed by atoms with Gasteiger partial charge in [-0.1, -0.05) is 0 Å². The molecular formula is C11H11N3O. The summed E-state index contributed by atoms with van der Waals surface area (Å²) in [4.78, 5) is 19.2. The van der Waals surface area contributed by atoms with Gasteiger partial charge < -0.3 is 5.32 Å². The van der Waals surface area contributed by atoms with Crippen molar-refractivity contribution in [1.82, 2.24) is 9.97 Å². The average molecular weight is 201 g/mol. The van der Waals surface area contributed by atoms with Gasteiger partial charge in [0.25, 0.3) is 0 Å². The lowest BCUT2D eigenvalue weighted by atomic mass is 10.2. The van der Waals surface area contributed by atoms with Crippen LogP contribution in [0.1, 0.15) is 12.5 Å². The van der Waals surface area contributed by atoms with Crippen LogP contribution < -0.4 is 5.32 Å². The summed E-state index contributed by atoms with van der Waals surface area (Å²) in [5.74, 6) is 0.405. The van der Waals surface area contributed by atoms with E-state index in [4.69, 9.17) is 0 Å². The normalized spacial score (nSPS) is 10.3. The number of anilines is 1. The third-order valence-corrected chi connectivity index (χ3v) is 2.13. The maximum absolute atomic E-state index is 10.8. The Morgan fingerprint density at radius 1 is 1.33 bits per heavy atom. The highest BCUT2D eigenvalue weighted by atomic mass is 16.1. The Morgan fingerprint density at radius 3 is 2.87 bits per heavy atom. The van der Waals surface area contributed by atoms with E-state index in [0.717, 1.165) is 10.9 Å². The molecule has 4 nitrogen and oxygen atoms in total. The van der Waals surface area contributed by atoms with Gasteiger partial charge in [0.15, 0.2) is 5.65 Å². The number of aromatic nitrogens is 2. The molecule has 0 atom stereocenters. The van der Waals surface area contributed by atoms with E-state index >= 15 is 0 Å². The molecule has 2 aromatic rings. The van der Waals surface area contributed by atoms with Gasteiger partial charge in [-0.3, -0.25) is 4.79 Å². The Kier molecular flexibility index (Phi) is 2.33. The van der Waals surface area contributed by atoms with E-state index in [9.17, 15) is 4.79 Å². The first-order valence-electron chi connectivity index (χ1n) is 4.67. The molecule has 4 heteroatoms. The van der Waals surface area contributed by atoms with Crippen molar-refractivity contribution in [3.8, 4) is 0 Å². The van der Waals surface area contributed by atoms with Gasteiger partial charge in [0.1, 0.15) is 5.82 Å². The minimum absolute atomic E-state index is 0.130. The largest absolute Gasteiger partial charge is 0.311 e. The summed E-state index contributed by atoms with van der Waals surface area (Å²) in [5.41, 5.74) is 1.78. The van der Waals surface area contributed by atoms with Crippen molar-refractivity contribution < 1.29 is 4.79 Å². The van der Waals surface area contributed by atoms with Crippen molar-refractivity contribution in [1.29, 1.82) is 0 Å². The lowest BCUT2D eigenvalue weighted by Gasteiger charge is -2.03. The van der Waals surface area contributed by atoms with Crippen LogP contribution in [0.2, 0.25) is 0 Å². The molecule has 1 N–H and O–H groups in total. The number of nitrogens with one attached hydrogen (secondary N) is 1. The Morgan fingerprint density at radius 2 is 2.13 bits per heavy atom. The number of hydrogen-bond acceptors (Lipinski definition) is 3. The van der Waals surface area contributed by atoms with Crippen LogP contribution in [-0.2, 0) is 4.79 Å². The zero-order chi connectivity index (χ0) is 10.8. The molecule has 0 radical (unpaired) electrons. The van der Waals surface area contributed by atoms with E-state index in [2.05, 4.69) is 15.3 Å². The maximum Gasteiger partial charge on any atom is 0.222 e. The first-order valence-corrected chi connectivity index (χ1v) is 4.67. The first kappa shape index (κ1) is 9.58. The minimum atomic E-state index is -0.130. The number of rotatable bonds is 1. The molecule has 2 rings (SSSR count). The molecule has 15 heavy (non-hydrogen) atoms. The number of carbonyl (C=O) groups is 1. The molecule has 0 spiro atoms. The van der Waals surface area contributed by atoms with Gasteiger partial charge in [0.2, 0.25) is 5.91 Å². The fourth-order valence-corrected chi connectivity index (χ4v) is 1.41. The molecule has 0 fully saturated rings. The number of amides is 1. The number of aryl methyl sites for hydroxylation is 1. The zero-order valence-electron chi connectivity index (χ0n) is 8.61. The van der Waals surface area contributed by atoms with Crippen LogP contribution in [0.15, 0.2) is 24.4 Å². The SMILES string of the molecule is CC(=O)Nc1ccc2c(C)ccnc2n1. The van der Waals surface area contributed by atoms with Crippen LogP contribution in [0.3, 0.4) is 0 Å². The summed E-state index contributed by atoms with van der Waals surface area (Å²) in [6.07, 6.45) is 1.71. The standard InChI is InChI=1S/C11H11N3O/c1-7-5-6-12-11-9(7)3-4-10(14-11)13-8(2)15/h3-6H,1-2H3,(H,12,13,14,15). The molecule has 2 aromatic heterocycles. The van der Waals surface area contributed by atoms with Crippen LogP contribution in [-0.4, -0.2) is 15.9 Å². The topological polar surface area (TPSA) is 54.9 Å². The lowest BCUT2D eigenvalue weighted by Crippen LogP contribution is -2.07. The van der Waals surface area contributed by atoms with E-state index in [1.54, 1.807) is 12.3 Å². The van der Waals surface area contributed by atoms with Gasteiger partial charge in [-0.15, -0.1) is 0 Å². The zero-order valence-corrected chi connectivity index (χ0v) is 8.61. The Labute approximate surface area is 87.4 Å². The number of carbonyl (C=O) groups excluding carboxylic acids is 1. The van der Waals surface area contributed by atoms with Crippen LogP contribution in [0.5, 0.6) is 0 Å². The molecular weight excluding hydrogens is 190 g/mol. The fourth-order valence-electron chi connectivity index (χ4n) is 1.41. The second-order valence-corrected chi connectivity index (χ2v) is 3.38. The van der Waals surface area contributed by atoms with Gasteiger partial charge in [0, 0.05) is 18.5 Å². The summed E-state index contributed by atoms with van der Waals surface area (Å²) < 4.78 is 0. The number of pyridine rings is 2. The van der Waals surface area contributed by atoms with Gasteiger partial charge >= 0.3 is 0 Å². The Balaban J connectivity index is 2.52. The van der Waals surface area contributed by atoms with E-state index in [1.165, 1.54) is 6.92 Å². The highest BCUT2D eigenvalue weighted by Gasteiger charge is 2.02. The molecule has 0 aromatic carbocycles. The molecule has 2 heterocycles. The van der Waals surface area contributed by atoms with Crippen LogP contribution in [0.25, 0.3) is 11.0 Å². The smallest absolute Gasteiger partial charge is 0.222 e. The second kappa shape index (κ2) is 3.65. The van der Waals surface area contributed by atoms with Gasteiger partial charge in [0.05, 0.1) is 0 Å². The predicted octanol–water partition coefficient (Wildman–Crippen LogP) is 1.90. The van der Waals surface area contributed by atoms with E-state index in [-0.39, 0.29) is 5.91 Å². The molecule has 0 aliphatic heterocycles. The van der Waals surface area contributed by atoms with Crippen molar-refractivity contribution in [3.05, 3.63) is 30.0 Å². The first-order chi connectivity index (χ1) is 7.16. The molecule has 0 aliphatic rings. The molecule has 76 valence electrons. The maximum atomic E-state index is 10.8. The van der Waals surface area contributed by atoms with Crippen LogP contribution in [0.4, 0.5) is 5.82 Å². The quantitative estimate of drug-likeness (QED) is 0.766. The summed E-state index contributed by atoms with van der Waals surface area (Å²) in [6.45, 7) is 3.46. The molecule has 0 saturated heterocycles. The molecule has 0 aliphatic carbocycles. The summed E-state index contributed by atoms with van der Waals surface area (Å²) >= 11 is 0. The molecule has 0 bridgehead atoms.